The Bertz CT molecular complexity index is 3850. The minimum absolute atomic E-state index is 0.634. The average Bonchev–Trinajstić information content (AvgIpc) is 3.91. The fourth-order valence-electron chi connectivity index (χ4n) is 11.4. The third-order valence-corrected chi connectivity index (χ3v) is 14.3. The fourth-order valence-corrected chi connectivity index (χ4v) is 11.4. The first-order valence-electron chi connectivity index (χ1n) is 23.3. The molecule has 10 aromatic carbocycles. The molecule has 0 amide bonds. The minimum Gasteiger partial charge on any atom is -0.456 e. The second-order valence-electron chi connectivity index (χ2n) is 18.0. The summed E-state index contributed by atoms with van der Waals surface area (Å²) in [5.41, 5.74) is 22.6. The van der Waals surface area contributed by atoms with Gasteiger partial charge >= 0.3 is 0 Å². The van der Waals surface area contributed by atoms with Gasteiger partial charge < -0.3 is 4.42 Å². The molecule has 0 saturated heterocycles. The van der Waals surface area contributed by atoms with Gasteiger partial charge in [-0.25, -0.2) is 9.97 Å². The van der Waals surface area contributed by atoms with Crippen molar-refractivity contribution in [3.63, 3.8) is 0 Å². The molecule has 0 N–H and O–H groups in total. The molecule has 0 bridgehead atoms. The summed E-state index contributed by atoms with van der Waals surface area (Å²) in [5, 5.41) is 2.09. The molecule has 0 saturated carbocycles. The summed E-state index contributed by atoms with van der Waals surface area (Å²) in [6.45, 7) is 0. The molecule has 316 valence electrons. The normalized spacial score (nSPS) is 12.8. The molecule has 0 atom stereocenters. The van der Waals surface area contributed by atoms with Crippen LogP contribution < -0.4 is 0 Å². The summed E-state index contributed by atoms with van der Waals surface area (Å²) in [7, 11) is 0. The minimum atomic E-state index is -0.634. The van der Waals surface area contributed by atoms with Crippen molar-refractivity contribution in [2.75, 3.05) is 0 Å². The van der Waals surface area contributed by atoms with Crippen LogP contribution in [0.25, 0.3) is 111 Å². The van der Waals surface area contributed by atoms with Crippen LogP contribution in [0.3, 0.4) is 0 Å². The van der Waals surface area contributed by atoms with E-state index >= 15 is 0 Å². The van der Waals surface area contributed by atoms with Crippen LogP contribution in [0.4, 0.5) is 0 Å². The Morgan fingerprint density at radius 2 is 0.750 bits per heavy atom. The number of furan rings is 1. The molecule has 3 nitrogen and oxygen atoms in total. The van der Waals surface area contributed by atoms with Crippen molar-refractivity contribution in [3.05, 3.63) is 265 Å². The Kier molecular flexibility index (Phi) is 8.50. The highest BCUT2D eigenvalue weighted by Gasteiger charge is 2.49. The van der Waals surface area contributed by atoms with Crippen molar-refractivity contribution in [3.8, 4) is 89.5 Å². The lowest BCUT2D eigenvalue weighted by atomic mass is 9.66. The third kappa shape index (κ3) is 5.72. The van der Waals surface area contributed by atoms with Crippen molar-refractivity contribution < 1.29 is 4.42 Å². The molecule has 2 heterocycles. The first-order valence-corrected chi connectivity index (χ1v) is 23.3. The van der Waals surface area contributed by atoms with Gasteiger partial charge in [0.15, 0.2) is 5.82 Å². The molecule has 68 heavy (non-hydrogen) atoms. The van der Waals surface area contributed by atoms with Crippen LogP contribution in [-0.4, -0.2) is 9.97 Å². The number of hydrogen-bond acceptors (Lipinski definition) is 3. The molecule has 0 aliphatic heterocycles. The van der Waals surface area contributed by atoms with E-state index in [1.165, 1.54) is 55.6 Å². The van der Waals surface area contributed by atoms with E-state index in [0.29, 0.717) is 5.82 Å². The van der Waals surface area contributed by atoms with E-state index in [2.05, 4.69) is 231 Å². The Morgan fingerprint density at radius 3 is 1.38 bits per heavy atom. The zero-order chi connectivity index (χ0) is 44.8. The number of aromatic nitrogens is 2. The van der Waals surface area contributed by atoms with Crippen LogP contribution in [0.5, 0.6) is 0 Å². The van der Waals surface area contributed by atoms with Crippen molar-refractivity contribution in [1.82, 2.24) is 9.97 Å². The SMILES string of the molecule is c1ccc(-c2cc(-c3ccccc3)cc(-c3cc(-c4cccc5oc6ccccc6c45)nc(-c4ccc5c(c4)C4(c6ccccc6-c6ccccc6-c6ccccc64)c4ccccc4-5)n3)c2)cc1. The maximum atomic E-state index is 6.47. The lowest BCUT2D eigenvalue weighted by molar-refractivity contribution is 0.669. The van der Waals surface area contributed by atoms with Gasteiger partial charge in [-0.2, -0.15) is 0 Å². The van der Waals surface area contributed by atoms with Crippen LogP contribution in [0.15, 0.2) is 247 Å². The van der Waals surface area contributed by atoms with Crippen LogP contribution in [0.1, 0.15) is 22.3 Å². The van der Waals surface area contributed by atoms with E-state index in [1.807, 2.05) is 12.1 Å². The van der Waals surface area contributed by atoms with Crippen LogP contribution in [0, 0.1) is 0 Å². The summed E-state index contributed by atoms with van der Waals surface area (Å²) in [6, 6.07) is 87.7. The predicted molar refractivity (Wildman–Crippen MR) is 278 cm³/mol. The van der Waals surface area contributed by atoms with Crippen molar-refractivity contribution in [2.45, 2.75) is 5.41 Å². The Morgan fingerprint density at radius 1 is 0.279 bits per heavy atom. The summed E-state index contributed by atoms with van der Waals surface area (Å²) in [6.07, 6.45) is 0. The van der Waals surface area contributed by atoms with Gasteiger partial charge in [0.25, 0.3) is 0 Å². The molecule has 0 unspecified atom stereocenters. The maximum absolute atomic E-state index is 6.47. The molecule has 2 aromatic heterocycles. The summed E-state index contributed by atoms with van der Waals surface area (Å²) < 4.78 is 6.47. The van der Waals surface area contributed by atoms with Gasteiger partial charge in [-0.1, -0.05) is 200 Å². The van der Waals surface area contributed by atoms with E-state index < -0.39 is 5.41 Å². The van der Waals surface area contributed by atoms with Crippen molar-refractivity contribution in [1.29, 1.82) is 0 Å². The zero-order valence-electron chi connectivity index (χ0n) is 36.9. The van der Waals surface area contributed by atoms with Gasteiger partial charge in [-0.15, -0.1) is 0 Å². The topological polar surface area (TPSA) is 38.9 Å². The smallest absolute Gasteiger partial charge is 0.160 e. The van der Waals surface area contributed by atoms with Crippen LogP contribution in [0.2, 0.25) is 0 Å². The number of benzene rings is 10. The largest absolute Gasteiger partial charge is 0.456 e. The summed E-state index contributed by atoms with van der Waals surface area (Å²) >= 11 is 0. The number of rotatable bonds is 5. The molecule has 2 aliphatic rings. The van der Waals surface area contributed by atoms with Crippen LogP contribution >= 0.6 is 0 Å². The molecule has 12 aromatic rings. The van der Waals surface area contributed by atoms with E-state index in [0.717, 1.165) is 72.3 Å². The van der Waals surface area contributed by atoms with E-state index in [9.17, 15) is 0 Å². The number of fused-ring (bicyclic) bond motifs is 15. The average molecular weight is 865 g/mol. The second kappa shape index (κ2) is 15.1. The Labute approximate surface area is 394 Å². The van der Waals surface area contributed by atoms with Crippen molar-refractivity contribution in [2.24, 2.45) is 0 Å². The number of hydrogen-bond donors (Lipinski definition) is 0. The molecular formula is C65H40N2O. The first kappa shape index (κ1) is 38.4. The highest BCUT2D eigenvalue weighted by molar-refractivity contribution is 6.12. The van der Waals surface area contributed by atoms with Gasteiger partial charge in [0, 0.05) is 27.5 Å². The molecule has 1 spiro atoms. The molecule has 0 fully saturated rings. The molecule has 2 aliphatic carbocycles. The van der Waals surface area contributed by atoms with Crippen LogP contribution in [-0.2, 0) is 5.41 Å². The standard InChI is InChI=1S/C65H40N2O/c1-3-18-41(19-4-1)44-36-45(42-20-5-2-6-21-42)38-46(37-44)59-40-60(53-28-17-33-62-63(53)54-27-12-16-32-61(54)68-62)67-64(66-59)43-34-35-52-51-26-11-15-31-57(51)65(58(52)39-43)55-29-13-9-24-49(55)47-22-7-8-23-48(47)50-25-10-14-30-56(50)65/h1-40H. The van der Waals surface area contributed by atoms with E-state index in [1.54, 1.807) is 0 Å². The third-order valence-electron chi connectivity index (χ3n) is 14.3. The second-order valence-corrected chi connectivity index (χ2v) is 18.0. The number of para-hydroxylation sites is 1. The summed E-state index contributed by atoms with van der Waals surface area (Å²) in [5.74, 6) is 0.654. The Balaban J connectivity index is 1.06. The quantitative estimate of drug-likeness (QED) is 0.173. The highest BCUT2D eigenvalue weighted by Crippen LogP contribution is 2.61. The van der Waals surface area contributed by atoms with Crippen molar-refractivity contribution >= 4 is 21.9 Å². The monoisotopic (exact) mass is 864 g/mol. The van der Waals surface area contributed by atoms with Gasteiger partial charge in [0.1, 0.15) is 11.2 Å². The fraction of sp³-hybridized carbons (Fsp3) is 0.0154. The predicted octanol–water partition coefficient (Wildman–Crippen LogP) is 16.7. The Hall–Kier alpha value is -8.92. The lowest BCUT2D eigenvalue weighted by Gasteiger charge is -2.35. The van der Waals surface area contributed by atoms with Gasteiger partial charge in [0.05, 0.1) is 16.8 Å². The molecule has 14 rings (SSSR count). The van der Waals surface area contributed by atoms with Gasteiger partial charge in [-0.05, 0) is 120 Å². The first-order chi connectivity index (χ1) is 33.7. The summed E-state index contributed by atoms with van der Waals surface area (Å²) in [4.78, 5) is 11.2. The van der Waals surface area contributed by atoms with E-state index in [4.69, 9.17) is 14.4 Å². The maximum Gasteiger partial charge on any atom is 0.160 e. The molecule has 3 heteroatoms. The zero-order valence-corrected chi connectivity index (χ0v) is 36.9. The van der Waals surface area contributed by atoms with Gasteiger partial charge in [0.2, 0.25) is 0 Å². The number of nitrogens with zero attached hydrogens (tertiary/aromatic N) is 2. The highest BCUT2D eigenvalue weighted by atomic mass is 16.3. The van der Waals surface area contributed by atoms with E-state index in [-0.39, 0.29) is 0 Å². The molecular weight excluding hydrogens is 825 g/mol. The molecule has 0 radical (unpaired) electrons. The van der Waals surface area contributed by atoms with Gasteiger partial charge in [-0.3, -0.25) is 0 Å². The lowest BCUT2D eigenvalue weighted by Crippen LogP contribution is -2.29.